The number of nitrogens with zero attached hydrogens (tertiary/aromatic N) is 4. The van der Waals surface area contributed by atoms with E-state index in [0.29, 0.717) is 18.4 Å². The quantitative estimate of drug-likeness (QED) is 0.541. The summed E-state index contributed by atoms with van der Waals surface area (Å²) in [6.45, 7) is 5.07. The number of aryl methyl sites for hydroxylation is 1. The van der Waals surface area contributed by atoms with Gasteiger partial charge in [-0.25, -0.2) is 13.4 Å². The van der Waals surface area contributed by atoms with Gasteiger partial charge in [0.15, 0.2) is 5.82 Å². The molecule has 3 saturated heterocycles. The minimum absolute atomic E-state index is 0.0274. The van der Waals surface area contributed by atoms with E-state index >= 15 is 0 Å². The van der Waals surface area contributed by atoms with Gasteiger partial charge in [0.05, 0.1) is 18.1 Å². The lowest BCUT2D eigenvalue weighted by Gasteiger charge is -2.48. The van der Waals surface area contributed by atoms with E-state index in [-0.39, 0.29) is 29.7 Å². The Morgan fingerprint density at radius 2 is 1.94 bits per heavy atom. The summed E-state index contributed by atoms with van der Waals surface area (Å²) in [5, 5.41) is 13.9. The lowest BCUT2D eigenvalue weighted by atomic mass is 9.75. The van der Waals surface area contributed by atoms with Gasteiger partial charge >= 0.3 is 0 Å². The van der Waals surface area contributed by atoms with Crippen LogP contribution >= 0.6 is 0 Å². The van der Waals surface area contributed by atoms with Crippen LogP contribution in [0.1, 0.15) is 74.2 Å². The van der Waals surface area contributed by atoms with Gasteiger partial charge in [-0.3, -0.25) is 5.10 Å². The molecule has 0 amide bonds. The molecule has 3 aliphatic rings. The minimum atomic E-state index is -3.24. The zero-order valence-corrected chi connectivity index (χ0v) is 21.0. The van der Waals surface area contributed by atoms with E-state index in [1.807, 2.05) is 24.3 Å². The number of H-pyrrole nitrogens is 1. The Hall–Kier alpha value is -2.24. The van der Waals surface area contributed by atoms with Gasteiger partial charge in [0.1, 0.15) is 5.82 Å². The normalized spacial score (nSPS) is 27.6. The molecule has 2 aromatic rings. The first-order valence-electron chi connectivity index (χ1n) is 12.4. The number of sulfonamides is 1. The topological polar surface area (TPSA) is 125 Å². The zero-order chi connectivity index (χ0) is 23.9. The van der Waals surface area contributed by atoms with Gasteiger partial charge in [0, 0.05) is 49.0 Å². The number of rotatable bonds is 7. The molecule has 11 heteroatoms. The number of piperidine rings is 2. The molecular weight excluding hydrogens is 454 g/mol. The third-order valence-corrected chi connectivity index (χ3v) is 9.44. The van der Waals surface area contributed by atoms with Crippen LogP contribution in [0.5, 0.6) is 0 Å². The van der Waals surface area contributed by atoms with Crippen molar-refractivity contribution in [2.45, 2.75) is 76.3 Å². The van der Waals surface area contributed by atoms with E-state index in [9.17, 15) is 8.42 Å². The Morgan fingerprint density at radius 1 is 1.18 bits per heavy atom. The van der Waals surface area contributed by atoms with Gasteiger partial charge in [0.25, 0.3) is 0 Å². The summed E-state index contributed by atoms with van der Waals surface area (Å²) in [5.41, 5.74) is 3.08. The van der Waals surface area contributed by atoms with E-state index < -0.39 is 10.0 Å². The summed E-state index contributed by atoms with van der Waals surface area (Å²) in [4.78, 5) is 9.75. The van der Waals surface area contributed by atoms with Crippen LogP contribution in [-0.4, -0.2) is 71.0 Å². The molecule has 0 saturated carbocycles. The number of hydrogen-bond acceptors (Lipinski definition) is 8. The summed E-state index contributed by atoms with van der Waals surface area (Å²) in [6, 6.07) is 2.01. The van der Waals surface area contributed by atoms with Crippen LogP contribution in [0.15, 0.2) is 6.07 Å². The van der Waals surface area contributed by atoms with Crippen molar-refractivity contribution >= 4 is 27.6 Å². The van der Waals surface area contributed by atoms with Crippen molar-refractivity contribution in [2.75, 3.05) is 36.6 Å². The minimum Gasteiger partial charge on any atom is -0.381 e. The zero-order valence-electron chi connectivity index (χ0n) is 20.2. The average Bonchev–Trinajstić information content (AvgIpc) is 3.49. The molecule has 10 nitrogen and oxygen atoms in total. The molecule has 34 heavy (non-hydrogen) atoms. The first-order chi connectivity index (χ1) is 16.4. The van der Waals surface area contributed by atoms with Crippen LogP contribution in [0.4, 0.5) is 17.6 Å². The molecular formula is C23H35N7O3S. The van der Waals surface area contributed by atoms with Crippen LogP contribution in [0, 0.1) is 6.92 Å². The Labute approximate surface area is 201 Å². The van der Waals surface area contributed by atoms with E-state index in [1.54, 1.807) is 6.92 Å². The van der Waals surface area contributed by atoms with Crippen molar-refractivity contribution in [3.8, 4) is 0 Å². The summed E-state index contributed by atoms with van der Waals surface area (Å²) in [6.07, 6.45) is 5.38. The summed E-state index contributed by atoms with van der Waals surface area (Å²) >= 11 is 0. The third-order valence-electron chi connectivity index (χ3n) is 7.47. The van der Waals surface area contributed by atoms with Crippen molar-refractivity contribution in [1.29, 1.82) is 0 Å². The molecule has 0 aliphatic carbocycles. The maximum absolute atomic E-state index is 12.9. The van der Waals surface area contributed by atoms with Gasteiger partial charge in [-0.05, 0) is 51.9 Å². The first kappa shape index (κ1) is 23.5. The number of anilines is 3. The highest BCUT2D eigenvalue weighted by molar-refractivity contribution is 7.89. The Bertz CT molecular complexity index is 1120. The van der Waals surface area contributed by atoms with Gasteiger partial charge in [-0.1, -0.05) is 6.42 Å². The van der Waals surface area contributed by atoms with Crippen LogP contribution in [0.25, 0.3) is 0 Å². The second-order valence-corrected chi connectivity index (χ2v) is 11.9. The molecule has 186 valence electrons. The molecule has 5 rings (SSSR count). The van der Waals surface area contributed by atoms with Crippen molar-refractivity contribution < 1.29 is 13.2 Å². The van der Waals surface area contributed by atoms with Gasteiger partial charge in [-0.15, -0.1) is 0 Å². The van der Waals surface area contributed by atoms with Crippen LogP contribution in [0.3, 0.4) is 0 Å². The summed E-state index contributed by atoms with van der Waals surface area (Å²) in [5.74, 6) is 2.54. The molecule has 3 fully saturated rings. The van der Waals surface area contributed by atoms with Gasteiger partial charge < -0.3 is 15.4 Å². The first-order valence-corrected chi connectivity index (χ1v) is 14.0. The molecule has 4 atom stereocenters. The van der Waals surface area contributed by atoms with Gasteiger partial charge in [-0.2, -0.15) is 14.4 Å². The molecule has 0 spiro atoms. The van der Waals surface area contributed by atoms with Crippen molar-refractivity contribution in [1.82, 2.24) is 24.5 Å². The fraction of sp³-hybridized carbons (Fsp3) is 0.696. The average molecular weight is 490 g/mol. The van der Waals surface area contributed by atoms with E-state index in [1.165, 1.54) is 0 Å². The van der Waals surface area contributed by atoms with E-state index in [0.717, 1.165) is 67.9 Å². The fourth-order valence-corrected chi connectivity index (χ4v) is 7.53. The van der Waals surface area contributed by atoms with Crippen LogP contribution in [0.2, 0.25) is 0 Å². The monoisotopic (exact) mass is 489 g/mol. The van der Waals surface area contributed by atoms with E-state index in [4.69, 9.17) is 14.7 Å². The molecule has 3 aliphatic heterocycles. The van der Waals surface area contributed by atoms with E-state index in [2.05, 4.69) is 20.8 Å². The standard InChI is InChI=1S/C23H35N7O3S/c1-4-34(31,32)30-17-6-5-7-18(30)12-16(11-17)20-21(15-8-9-33-13-15)26-23(24-3)27-22(20)25-19-10-14(2)28-29-19/h10,15-18H,4-9,11-13H2,1-3H3,(H3,24,25,26,27,28,29)/t15?,16-,17-,18+. The molecule has 0 radical (unpaired) electrons. The highest BCUT2D eigenvalue weighted by atomic mass is 32.2. The summed E-state index contributed by atoms with van der Waals surface area (Å²) in [7, 11) is -1.41. The number of fused-ring (bicyclic) bond motifs is 2. The number of nitrogens with one attached hydrogen (secondary N) is 3. The maximum Gasteiger partial charge on any atom is 0.224 e. The number of ether oxygens (including phenoxy) is 1. The van der Waals surface area contributed by atoms with Crippen LogP contribution < -0.4 is 10.6 Å². The van der Waals surface area contributed by atoms with Crippen molar-refractivity contribution in [3.05, 3.63) is 23.0 Å². The summed E-state index contributed by atoms with van der Waals surface area (Å²) < 4.78 is 33.4. The lowest BCUT2D eigenvalue weighted by Crippen LogP contribution is -2.54. The second-order valence-electron chi connectivity index (χ2n) is 9.70. The maximum atomic E-state index is 12.9. The molecule has 2 bridgehead atoms. The number of aromatic nitrogens is 4. The second kappa shape index (κ2) is 9.43. The van der Waals surface area contributed by atoms with Crippen LogP contribution in [-0.2, 0) is 14.8 Å². The Morgan fingerprint density at radius 3 is 2.53 bits per heavy atom. The Kier molecular flexibility index (Phi) is 6.51. The fourth-order valence-electron chi connectivity index (χ4n) is 5.94. The molecule has 3 N–H and O–H groups in total. The van der Waals surface area contributed by atoms with Crippen molar-refractivity contribution in [3.63, 3.8) is 0 Å². The predicted molar refractivity (Wildman–Crippen MR) is 131 cm³/mol. The third kappa shape index (κ3) is 4.40. The highest BCUT2D eigenvalue weighted by Crippen LogP contribution is 2.47. The SMILES string of the molecule is CCS(=O)(=O)N1[C@@H]2CCC[C@H]1C[C@H](c1c(Nc3cc(C)[nH]n3)nc(NC)nc1C1CCOC1)C2. The molecule has 0 aromatic carbocycles. The lowest BCUT2D eigenvalue weighted by molar-refractivity contribution is 0.109. The molecule has 5 heterocycles. The predicted octanol–water partition coefficient (Wildman–Crippen LogP) is 3.25. The molecule has 1 unspecified atom stereocenters. The molecule has 2 aromatic heterocycles. The number of hydrogen-bond donors (Lipinski definition) is 3. The Balaban J connectivity index is 1.58. The van der Waals surface area contributed by atoms with Gasteiger partial charge in [0.2, 0.25) is 16.0 Å². The smallest absolute Gasteiger partial charge is 0.224 e. The largest absolute Gasteiger partial charge is 0.381 e. The highest BCUT2D eigenvalue weighted by Gasteiger charge is 2.45. The van der Waals surface area contributed by atoms with Crippen molar-refractivity contribution in [2.24, 2.45) is 0 Å². The number of aromatic amines is 1.